The normalized spacial score (nSPS) is 11.8. The summed E-state index contributed by atoms with van der Waals surface area (Å²) in [6.07, 6.45) is 5.37. The van der Waals surface area contributed by atoms with E-state index in [-0.39, 0.29) is 5.54 Å². The lowest BCUT2D eigenvalue weighted by Gasteiger charge is -2.19. The van der Waals surface area contributed by atoms with Crippen LogP contribution in [-0.2, 0) is 13.1 Å². The first-order valence-corrected chi connectivity index (χ1v) is 6.67. The zero-order valence-corrected chi connectivity index (χ0v) is 12.3. The first-order valence-electron chi connectivity index (χ1n) is 6.30. The molecule has 0 unspecified atom stereocenters. The monoisotopic (exact) mass is 278 g/mol. The average molecular weight is 279 g/mol. The van der Waals surface area contributed by atoms with Gasteiger partial charge in [0.25, 0.3) is 0 Å². The van der Waals surface area contributed by atoms with Crippen LogP contribution in [0.5, 0.6) is 0 Å². The summed E-state index contributed by atoms with van der Waals surface area (Å²) in [6, 6.07) is 3.94. The summed E-state index contributed by atoms with van der Waals surface area (Å²) in [5.41, 5.74) is 2.15. The van der Waals surface area contributed by atoms with Crippen LogP contribution in [0.25, 0.3) is 0 Å². The summed E-state index contributed by atoms with van der Waals surface area (Å²) in [5, 5.41) is 8.61. The SMILES string of the molecule is CC(C)(C)NCc1ccn(Cc2ccncc2Cl)n1. The second-order valence-corrected chi connectivity index (χ2v) is 5.98. The molecular formula is C14H19ClN4. The van der Waals surface area contributed by atoms with Gasteiger partial charge < -0.3 is 5.32 Å². The summed E-state index contributed by atoms with van der Waals surface area (Å²) in [4.78, 5) is 3.98. The zero-order valence-electron chi connectivity index (χ0n) is 11.5. The molecule has 0 saturated carbocycles. The summed E-state index contributed by atoms with van der Waals surface area (Å²) in [7, 11) is 0. The molecule has 5 heteroatoms. The van der Waals surface area contributed by atoms with Gasteiger partial charge in [-0.2, -0.15) is 5.10 Å². The van der Waals surface area contributed by atoms with E-state index in [0.29, 0.717) is 11.6 Å². The maximum atomic E-state index is 6.09. The first kappa shape index (κ1) is 14.0. The molecule has 0 aliphatic rings. The molecule has 2 aromatic heterocycles. The van der Waals surface area contributed by atoms with Crippen LogP contribution in [0.3, 0.4) is 0 Å². The minimum absolute atomic E-state index is 0.0954. The molecule has 0 aliphatic carbocycles. The van der Waals surface area contributed by atoms with E-state index in [0.717, 1.165) is 17.8 Å². The highest BCUT2D eigenvalue weighted by Crippen LogP contribution is 2.14. The van der Waals surface area contributed by atoms with Crippen LogP contribution in [-0.4, -0.2) is 20.3 Å². The van der Waals surface area contributed by atoms with Crippen LogP contribution < -0.4 is 5.32 Å². The maximum Gasteiger partial charge on any atom is 0.0762 e. The molecular weight excluding hydrogens is 260 g/mol. The van der Waals surface area contributed by atoms with E-state index < -0.39 is 0 Å². The van der Waals surface area contributed by atoms with Crippen molar-refractivity contribution in [1.82, 2.24) is 20.1 Å². The molecule has 0 saturated heterocycles. The number of rotatable bonds is 4. The lowest BCUT2D eigenvalue weighted by atomic mass is 10.1. The minimum atomic E-state index is 0.0954. The van der Waals surface area contributed by atoms with E-state index in [1.165, 1.54) is 0 Å². The van der Waals surface area contributed by atoms with Crippen molar-refractivity contribution in [2.75, 3.05) is 0 Å². The summed E-state index contributed by atoms with van der Waals surface area (Å²) >= 11 is 6.09. The van der Waals surface area contributed by atoms with Crippen molar-refractivity contribution in [3.05, 3.63) is 47.0 Å². The summed E-state index contributed by atoms with van der Waals surface area (Å²) in [6.45, 7) is 7.85. The van der Waals surface area contributed by atoms with Crippen molar-refractivity contribution in [2.45, 2.75) is 39.4 Å². The fourth-order valence-corrected chi connectivity index (χ4v) is 1.83. The lowest BCUT2D eigenvalue weighted by molar-refractivity contribution is 0.419. The van der Waals surface area contributed by atoms with Gasteiger partial charge in [-0.05, 0) is 38.5 Å². The molecule has 1 N–H and O–H groups in total. The van der Waals surface area contributed by atoms with E-state index in [9.17, 15) is 0 Å². The third-order valence-corrected chi connectivity index (χ3v) is 3.02. The van der Waals surface area contributed by atoms with Crippen LogP contribution in [0.2, 0.25) is 5.02 Å². The fraction of sp³-hybridized carbons (Fsp3) is 0.429. The van der Waals surface area contributed by atoms with Gasteiger partial charge in [0.15, 0.2) is 0 Å². The van der Waals surface area contributed by atoms with E-state index in [1.54, 1.807) is 12.4 Å². The molecule has 0 bridgehead atoms. The molecule has 2 rings (SSSR count). The zero-order chi connectivity index (χ0) is 13.9. The number of nitrogens with zero attached hydrogens (tertiary/aromatic N) is 3. The van der Waals surface area contributed by atoms with E-state index in [4.69, 9.17) is 11.6 Å². The highest BCUT2D eigenvalue weighted by atomic mass is 35.5. The van der Waals surface area contributed by atoms with Crippen molar-refractivity contribution in [2.24, 2.45) is 0 Å². The predicted molar refractivity (Wildman–Crippen MR) is 77.2 cm³/mol. The van der Waals surface area contributed by atoms with E-state index in [1.807, 2.05) is 23.0 Å². The van der Waals surface area contributed by atoms with Crippen molar-refractivity contribution < 1.29 is 0 Å². The van der Waals surface area contributed by atoms with Crippen molar-refractivity contribution in [1.29, 1.82) is 0 Å². The molecule has 0 radical (unpaired) electrons. The number of nitrogens with one attached hydrogen (secondary N) is 1. The number of halogens is 1. The van der Waals surface area contributed by atoms with Gasteiger partial charge >= 0.3 is 0 Å². The number of aromatic nitrogens is 3. The largest absolute Gasteiger partial charge is 0.306 e. The topological polar surface area (TPSA) is 42.7 Å². The molecule has 2 aromatic rings. The molecule has 0 aliphatic heterocycles. The van der Waals surface area contributed by atoms with Crippen LogP contribution in [0.1, 0.15) is 32.0 Å². The Morgan fingerprint density at radius 2 is 2.11 bits per heavy atom. The second-order valence-electron chi connectivity index (χ2n) is 5.58. The Bertz CT molecular complexity index is 542. The Morgan fingerprint density at radius 1 is 1.32 bits per heavy atom. The van der Waals surface area contributed by atoms with Crippen LogP contribution in [0.4, 0.5) is 0 Å². The van der Waals surface area contributed by atoms with Crippen LogP contribution >= 0.6 is 11.6 Å². The molecule has 0 atom stereocenters. The van der Waals surface area contributed by atoms with Gasteiger partial charge in [-0.1, -0.05) is 11.6 Å². The van der Waals surface area contributed by atoms with E-state index >= 15 is 0 Å². The van der Waals surface area contributed by atoms with Gasteiger partial charge in [-0.25, -0.2) is 0 Å². The number of hydrogen-bond donors (Lipinski definition) is 1. The first-order chi connectivity index (χ1) is 8.94. The Kier molecular flexibility index (Phi) is 4.22. The molecule has 0 aromatic carbocycles. The van der Waals surface area contributed by atoms with Gasteiger partial charge in [0.2, 0.25) is 0 Å². The highest BCUT2D eigenvalue weighted by Gasteiger charge is 2.09. The van der Waals surface area contributed by atoms with Crippen LogP contribution in [0.15, 0.2) is 30.7 Å². The molecule has 0 fully saturated rings. The maximum absolute atomic E-state index is 6.09. The molecule has 4 nitrogen and oxygen atoms in total. The fourth-order valence-electron chi connectivity index (χ4n) is 1.65. The third-order valence-electron chi connectivity index (χ3n) is 2.68. The molecule has 0 amide bonds. The average Bonchev–Trinajstić information content (AvgIpc) is 2.77. The predicted octanol–water partition coefficient (Wildman–Crippen LogP) is 2.87. The quantitative estimate of drug-likeness (QED) is 0.935. The van der Waals surface area contributed by atoms with Gasteiger partial charge in [-0.15, -0.1) is 0 Å². The summed E-state index contributed by atoms with van der Waals surface area (Å²) in [5.74, 6) is 0. The Labute approximate surface area is 118 Å². The molecule has 2 heterocycles. The van der Waals surface area contributed by atoms with Crippen molar-refractivity contribution in [3.8, 4) is 0 Å². The highest BCUT2D eigenvalue weighted by molar-refractivity contribution is 6.31. The molecule has 19 heavy (non-hydrogen) atoms. The van der Waals surface area contributed by atoms with Gasteiger partial charge in [0, 0.05) is 30.7 Å². The van der Waals surface area contributed by atoms with Gasteiger partial charge in [-0.3, -0.25) is 9.67 Å². The van der Waals surface area contributed by atoms with Crippen molar-refractivity contribution in [3.63, 3.8) is 0 Å². The van der Waals surface area contributed by atoms with Crippen LogP contribution in [0, 0.1) is 0 Å². The lowest BCUT2D eigenvalue weighted by Crippen LogP contribution is -2.35. The van der Waals surface area contributed by atoms with Gasteiger partial charge in [0.05, 0.1) is 17.3 Å². The van der Waals surface area contributed by atoms with Crippen molar-refractivity contribution >= 4 is 11.6 Å². The minimum Gasteiger partial charge on any atom is -0.306 e. The van der Waals surface area contributed by atoms with E-state index in [2.05, 4.69) is 36.2 Å². The smallest absolute Gasteiger partial charge is 0.0762 e. The Hall–Kier alpha value is -1.39. The van der Waals surface area contributed by atoms with Gasteiger partial charge in [0.1, 0.15) is 0 Å². The standard InChI is InChI=1S/C14H19ClN4/c1-14(2,3)17-8-12-5-7-19(18-12)10-11-4-6-16-9-13(11)15/h4-7,9,17H,8,10H2,1-3H3. The molecule has 102 valence electrons. The number of pyridine rings is 1. The third kappa shape index (κ3) is 4.33. The Balaban J connectivity index is 2.00. The Morgan fingerprint density at radius 3 is 2.79 bits per heavy atom. The second kappa shape index (κ2) is 5.72. The number of hydrogen-bond acceptors (Lipinski definition) is 3. The molecule has 0 spiro atoms. The summed E-state index contributed by atoms with van der Waals surface area (Å²) < 4.78 is 1.89.